The molecule has 0 aliphatic heterocycles. The third kappa shape index (κ3) is 1.63. The summed E-state index contributed by atoms with van der Waals surface area (Å²) in [6.07, 6.45) is 1.88. The van der Waals surface area contributed by atoms with Crippen molar-refractivity contribution in [1.82, 2.24) is 20.2 Å². The Morgan fingerprint density at radius 2 is 2.19 bits per heavy atom. The van der Waals surface area contributed by atoms with Gasteiger partial charge in [-0.25, -0.2) is 14.8 Å². The molecule has 0 spiro atoms. The van der Waals surface area contributed by atoms with Crippen LogP contribution >= 0.6 is 11.8 Å². The summed E-state index contributed by atoms with van der Waals surface area (Å²) >= 11 is 1.44. The summed E-state index contributed by atoms with van der Waals surface area (Å²) in [5.74, 6) is -0.524. The maximum Gasteiger partial charge on any atom is 0.376 e. The number of ether oxygens (including phenoxy) is 1. The number of thioether (sulfide) groups is 1. The number of hydrogen-bond acceptors (Lipinski definition) is 6. The van der Waals surface area contributed by atoms with E-state index in [1.165, 1.54) is 18.9 Å². The monoisotopic (exact) mass is 238 g/mol. The number of fused-ring (bicyclic) bond motifs is 1. The lowest BCUT2D eigenvalue weighted by Crippen LogP contribution is -2.08. The molecule has 0 radical (unpaired) electrons. The summed E-state index contributed by atoms with van der Waals surface area (Å²) in [6, 6.07) is 0. The highest BCUT2D eigenvalue weighted by Crippen LogP contribution is 2.24. The summed E-state index contributed by atoms with van der Waals surface area (Å²) in [5.41, 5.74) is 1.37. The quantitative estimate of drug-likeness (QED) is 0.480. The van der Waals surface area contributed by atoms with E-state index in [9.17, 15) is 4.79 Å². The molecule has 0 aromatic carbocycles. The minimum Gasteiger partial charge on any atom is -0.463 e. The van der Waals surface area contributed by atoms with Crippen LogP contribution in [0.1, 0.15) is 16.3 Å². The second kappa shape index (κ2) is 4.09. The van der Waals surface area contributed by atoms with Crippen molar-refractivity contribution in [3.05, 3.63) is 11.5 Å². The fourth-order valence-corrected chi connectivity index (χ4v) is 1.99. The molecule has 0 aliphatic carbocycles. The third-order valence-electron chi connectivity index (χ3n) is 2.12. The van der Waals surface area contributed by atoms with Crippen molar-refractivity contribution < 1.29 is 9.53 Å². The van der Waals surface area contributed by atoms with Gasteiger partial charge in [0.05, 0.1) is 12.5 Å². The van der Waals surface area contributed by atoms with Crippen molar-refractivity contribution in [3.63, 3.8) is 0 Å². The number of rotatable bonds is 2. The lowest BCUT2D eigenvalue weighted by Gasteiger charge is -2.01. The first-order valence-corrected chi connectivity index (χ1v) is 5.75. The number of hydrogen-bond donors (Lipinski definition) is 1. The number of carbonyl (C=O) groups excluding carboxylic acids is 1. The van der Waals surface area contributed by atoms with E-state index >= 15 is 0 Å². The van der Waals surface area contributed by atoms with E-state index in [1.807, 2.05) is 13.2 Å². The first-order valence-electron chi connectivity index (χ1n) is 4.52. The highest BCUT2D eigenvalue weighted by atomic mass is 32.2. The van der Waals surface area contributed by atoms with E-state index in [0.29, 0.717) is 5.65 Å². The Kier molecular flexibility index (Phi) is 2.78. The minimum absolute atomic E-state index is 0.0332. The van der Waals surface area contributed by atoms with E-state index in [0.717, 1.165) is 16.1 Å². The molecule has 0 saturated heterocycles. The molecule has 0 amide bonds. The summed E-state index contributed by atoms with van der Waals surface area (Å²) in [6.45, 7) is 1.89. The molecule has 2 aromatic rings. The number of nitrogens with one attached hydrogen (secondary N) is 1. The van der Waals surface area contributed by atoms with Crippen molar-refractivity contribution in [2.45, 2.75) is 11.9 Å². The molecule has 84 valence electrons. The molecule has 0 unspecified atom stereocenters. The summed E-state index contributed by atoms with van der Waals surface area (Å²) in [5, 5.41) is 8.39. The van der Waals surface area contributed by atoms with E-state index < -0.39 is 5.97 Å². The normalized spacial score (nSPS) is 10.7. The second-order valence-electron chi connectivity index (χ2n) is 3.10. The van der Waals surface area contributed by atoms with Crippen LogP contribution in [0.2, 0.25) is 0 Å². The van der Waals surface area contributed by atoms with Gasteiger partial charge in [-0.1, -0.05) is 0 Å². The van der Waals surface area contributed by atoms with E-state index in [2.05, 4.69) is 24.9 Å². The maximum atomic E-state index is 11.3. The molecule has 0 atom stereocenters. The number of esters is 1. The van der Waals surface area contributed by atoms with Crippen LogP contribution in [0, 0.1) is 6.92 Å². The fraction of sp³-hybridized carbons (Fsp3) is 0.333. The Morgan fingerprint density at radius 1 is 1.44 bits per heavy atom. The maximum absolute atomic E-state index is 11.3. The summed E-state index contributed by atoms with van der Waals surface area (Å²) in [7, 11) is 1.30. The van der Waals surface area contributed by atoms with Gasteiger partial charge in [0.15, 0.2) is 5.65 Å². The Bertz CT molecular complexity index is 552. The number of aromatic nitrogens is 4. The molecule has 0 fully saturated rings. The first kappa shape index (κ1) is 10.9. The average molecular weight is 238 g/mol. The van der Waals surface area contributed by atoms with E-state index in [-0.39, 0.29) is 5.82 Å². The van der Waals surface area contributed by atoms with Crippen LogP contribution in [0.15, 0.2) is 5.03 Å². The van der Waals surface area contributed by atoms with Crippen molar-refractivity contribution in [3.8, 4) is 0 Å². The predicted octanol–water partition coefficient (Wildman–Crippen LogP) is 1.17. The van der Waals surface area contributed by atoms with Gasteiger partial charge in [-0.05, 0) is 13.2 Å². The van der Waals surface area contributed by atoms with Crippen LogP contribution in [0.4, 0.5) is 0 Å². The third-order valence-corrected chi connectivity index (χ3v) is 2.80. The van der Waals surface area contributed by atoms with Crippen LogP contribution in [0.25, 0.3) is 11.0 Å². The van der Waals surface area contributed by atoms with Crippen molar-refractivity contribution >= 4 is 28.8 Å². The van der Waals surface area contributed by atoms with Crippen molar-refractivity contribution in [2.75, 3.05) is 13.4 Å². The van der Waals surface area contributed by atoms with Gasteiger partial charge in [0.2, 0.25) is 5.82 Å². The van der Waals surface area contributed by atoms with Gasteiger partial charge in [-0.2, -0.15) is 5.10 Å². The Hall–Kier alpha value is -1.63. The number of methoxy groups -OCH3 is 1. The van der Waals surface area contributed by atoms with Gasteiger partial charge < -0.3 is 4.74 Å². The minimum atomic E-state index is -0.558. The Balaban J connectivity index is 2.69. The Morgan fingerprint density at radius 3 is 2.81 bits per heavy atom. The highest BCUT2D eigenvalue weighted by Gasteiger charge is 2.16. The first-order chi connectivity index (χ1) is 7.67. The topological polar surface area (TPSA) is 80.8 Å². The van der Waals surface area contributed by atoms with Crippen LogP contribution in [-0.2, 0) is 4.74 Å². The molecule has 0 bridgehead atoms. The lowest BCUT2D eigenvalue weighted by molar-refractivity contribution is 0.0586. The molecule has 2 rings (SSSR count). The SMILES string of the molecule is COC(=O)c1nc(SC)c2c(C)[nH]nc2n1. The average Bonchev–Trinajstić information content (AvgIpc) is 2.69. The zero-order valence-corrected chi connectivity index (χ0v) is 9.88. The highest BCUT2D eigenvalue weighted by molar-refractivity contribution is 7.98. The Labute approximate surface area is 95.8 Å². The fourth-order valence-electron chi connectivity index (χ4n) is 1.36. The van der Waals surface area contributed by atoms with Gasteiger partial charge in [-0.15, -0.1) is 11.8 Å². The molecular weight excluding hydrogens is 228 g/mol. The number of carbonyl (C=O) groups is 1. The zero-order chi connectivity index (χ0) is 11.7. The molecule has 16 heavy (non-hydrogen) atoms. The van der Waals surface area contributed by atoms with Gasteiger partial charge >= 0.3 is 5.97 Å². The number of aryl methyl sites for hydroxylation is 1. The largest absolute Gasteiger partial charge is 0.463 e. The predicted molar refractivity (Wildman–Crippen MR) is 59.5 cm³/mol. The van der Waals surface area contributed by atoms with Gasteiger partial charge in [0, 0.05) is 5.69 Å². The lowest BCUT2D eigenvalue weighted by atomic mass is 10.3. The number of aromatic amines is 1. The van der Waals surface area contributed by atoms with Crippen LogP contribution in [0.3, 0.4) is 0 Å². The van der Waals surface area contributed by atoms with Crippen LogP contribution in [-0.4, -0.2) is 39.5 Å². The molecule has 1 N–H and O–H groups in total. The van der Waals surface area contributed by atoms with Gasteiger partial charge in [0.1, 0.15) is 5.03 Å². The van der Waals surface area contributed by atoms with E-state index in [4.69, 9.17) is 0 Å². The molecule has 2 aromatic heterocycles. The van der Waals surface area contributed by atoms with Crippen LogP contribution < -0.4 is 0 Å². The molecule has 2 heterocycles. The van der Waals surface area contributed by atoms with Crippen LogP contribution in [0.5, 0.6) is 0 Å². The molecule has 0 saturated carbocycles. The smallest absolute Gasteiger partial charge is 0.376 e. The number of H-pyrrole nitrogens is 1. The summed E-state index contributed by atoms with van der Waals surface area (Å²) < 4.78 is 4.58. The second-order valence-corrected chi connectivity index (χ2v) is 3.89. The van der Waals surface area contributed by atoms with Gasteiger partial charge in [0.25, 0.3) is 0 Å². The van der Waals surface area contributed by atoms with Crippen molar-refractivity contribution in [1.29, 1.82) is 0 Å². The van der Waals surface area contributed by atoms with E-state index in [1.54, 1.807) is 0 Å². The molecule has 6 nitrogen and oxygen atoms in total. The molecule has 7 heteroatoms. The van der Waals surface area contributed by atoms with Gasteiger partial charge in [-0.3, -0.25) is 5.10 Å². The summed E-state index contributed by atoms with van der Waals surface area (Å²) in [4.78, 5) is 19.5. The van der Waals surface area contributed by atoms with Crippen molar-refractivity contribution in [2.24, 2.45) is 0 Å². The molecule has 0 aliphatic rings. The standard InChI is InChI=1S/C9H10N4O2S/c1-4-5-6(13-12-4)10-7(9(14)15-2)11-8(5)16-3/h1-3H3,(H,10,11,12,13). The zero-order valence-electron chi connectivity index (χ0n) is 9.07. The number of nitrogens with zero attached hydrogens (tertiary/aromatic N) is 3. The molecular formula is C9H10N4O2S.